The van der Waals surface area contributed by atoms with E-state index in [-0.39, 0.29) is 11.8 Å². The summed E-state index contributed by atoms with van der Waals surface area (Å²) in [5.41, 5.74) is 0. The summed E-state index contributed by atoms with van der Waals surface area (Å²) in [5.74, 6) is -1.32. The standard InChI is InChI=1S/C14H20N2O3S/c1-2-19-13(18)11(10-6-4-3-5-7-10)12(17)16-14-15-8-9-20-14/h8-11H,2-7H2,1H3,(H,15,16,17)/t11-/m0/s1. The Labute approximate surface area is 122 Å². The van der Waals surface area contributed by atoms with Crippen LogP contribution < -0.4 is 5.32 Å². The first kappa shape index (κ1) is 15.0. The van der Waals surface area contributed by atoms with Gasteiger partial charge in [0.05, 0.1) is 6.61 Å². The highest BCUT2D eigenvalue weighted by Crippen LogP contribution is 2.31. The third-order valence-corrected chi connectivity index (χ3v) is 4.30. The van der Waals surface area contributed by atoms with E-state index >= 15 is 0 Å². The number of esters is 1. The minimum atomic E-state index is -0.709. The Hall–Kier alpha value is -1.43. The number of nitrogens with zero attached hydrogens (tertiary/aromatic N) is 1. The van der Waals surface area contributed by atoms with Crippen molar-refractivity contribution < 1.29 is 14.3 Å². The molecule has 1 amide bonds. The molecule has 1 aliphatic carbocycles. The first-order chi connectivity index (χ1) is 9.72. The number of rotatable bonds is 5. The number of carbonyl (C=O) groups is 2. The van der Waals surface area contributed by atoms with E-state index in [1.807, 2.05) is 0 Å². The van der Waals surface area contributed by atoms with Gasteiger partial charge in [-0.2, -0.15) is 0 Å². The Bertz CT molecular complexity index is 441. The van der Waals surface area contributed by atoms with E-state index in [0.717, 1.165) is 25.7 Å². The Kier molecular flexibility index (Phi) is 5.52. The molecule has 1 fully saturated rings. The summed E-state index contributed by atoms with van der Waals surface area (Å²) in [5, 5.41) is 5.04. The van der Waals surface area contributed by atoms with Gasteiger partial charge in [-0.1, -0.05) is 19.3 Å². The summed E-state index contributed by atoms with van der Waals surface area (Å²) in [6.45, 7) is 2.06. The summed E-state index contributed by atoms with van der Waals surface area (Å²) in [4.78, 5) is 28.5. The van der Waals surface area contributed by atoms with Crippen LogP contribution in [0.2, 0.25) is 0 Å². The van der Waals surface area contributed by atoms with Gasteiger partial charge in [0.1, 0.15) is 5.92 Å². The van der Waals surface area contributed by atoms with E-state index in [4.69, 9.17) is 4.74 Å². The molecule has 1 N–H and O–H groups in total. The number of hydrogen-bond donors (Lipinski definition) is 1. The lowest BCUT2D eigenvalue weighted by Gasteiger charge is -2.27. The van der Waals surface area contributed by atoms with Crippen LogP contribution in [0.25, 0.3) is 0 Å². The van der Waals surface area contributed by atoms with Crippen LogP contribution in [0, 0.1) is 11.8 Å². The van der Waals surface area contributed by atoms with Crippen molar-refractivity contribution in [3.63, 3.8) is 0 Å². The number of ether oxygens (including phenoxy) is 1. The van der Waals surface area contributed by atoms with Gasteiger partial charge in [-0.3, -0.25) is 9.59 Å². The molecule has 0 bridgehead atoms. The molecule has 1 aromatic heterocycles. The second-order valence-electron chi connectivity index (χ2n) is 4.95. The molecule has 110 valence electrons. The quantitative estimate of drug-likeness (QED) is 0.670. The van der Waals surface area contributed by atoms with Crippen molar-refractivity contribution in [2.45, 2.75) is 39.0 Å². The van der Waals surface area contributed by atoms with Crippen molar-refractivity contribution in [2.75, 3.05) is 11.9 Å². The lowest BCUT2D eigenvalue weighted by atomic mass is 9.79. The van der Waals surface area contributed by atoms with Gasteiger partial charge in [0.25, 0.3) is 0 Å². The molecule has 1 heterocycles. The Balaban J connectivity index is 2.07. The zero-order valence-corrected chi connectivity index (χ0v) is 12.4. The van der Waals surface area contributed by atoms with Gasteiger partial charge in [-0.15, -0.1) is 11.3 Å². The monoisotopic (exact) mass is 296 g/mol. The summed E-state index contributed by atoms with van der Waals surface area (Å²) >= 11 is 1.35. The predicted molar refractivity (Wildman–Crippen MR) is 77.4 cm³/mol. The van der Waals surface area contributed by atoms with Crippen molar-refractivity contribution in [3.8, 4) is 0 Å². The van der Waals surface area contributed by atoms with Gasteiger partial charge >= 0.3 is 5.97 Å². The summed E-state index contributed by atoms with van der Waals surface area (Å²) < 4.78 is 5.08. The number of aromatic nitrogens is 1. The lowest BCUT2D eigenvalue weighted by molar-refractivity contribution is -0.153. The molecule has 1 aliphatic rings. The zero-order chi connectivity index (χ0) is 14.4. The smallest absolute Gasteiger partial charge is 0.318 e. The molecule has 1 atom stereocenters. The first-order valence-corrected chi connectivity index (χ1v) is 7.97. The highest BCUT2D eigenvalue weighted by Gasteiger charge is 2.36. The number of carbonyl (C=O) groups excluding carboxylic acids is 2. The molecule has 20 heavy (non-hydrogen) atoms. The van der Waals surface area contributed by atoms with E-state index in [0.29, 0.717) is 11.7 Å². The third-order valence-electron chi connectivity index (χ3n) is 3.61. The molecule has 0 spiro atoms. The van der Waals surface area contributed by atoms with Crippen LogP contribution in [-0.4, -0.2) is 23.5 Å². The second kappa shape index (κ2) is 7.38. The van der Waals surface area contributed by atoms with Crippen LogP contribution in [0.5, 0.6) is 0 Å². The van der Waals surface area contributed by atoms with E-state index in [9.17, 15) is 9.59 Å². The molecule has 6 heteroatoms. The number of nitrogens with one attached hydrogen (secondary N) is 1. The largest absolute Gasteiger partial charge is 0.465 e. The van der Waals surface area contributed by atoms with E-state index in [2.05, 4.69) is 10.3 Å². The van der Waals surface area contributed by atoms with Crippen molar-refractivity contribution in [1.82, 2.24) is 4.98 Å². The van der Waals surface area contributed by atoms with Crippen molar-refractivity contribution in [1.29, 1.82) is 0 Å². The predicted octanol–water partition coefficient (Wildman–Crippen LogP) is 2.84. The van der Waals surface area contributed by atoms with Crippen LogP contribution in [0.3, 0.4) is 0 Å². The second-order valence-corrected chi connectivity index (χ2v) is 5.85. The van der Waals surface area contributed by atoms with E-state index in [1.165, 1.54) is 17.8 Å². The molecule has 0 aromatic carbocycles. The van der Waals surface area contributed by atoms with E-state index < -0.39 is 11.9 Å². The molecule has 2 rings (SSSR count). The minimum absolute atomic E-state index is 0.0859. The topological polar surface area (TPSA) is 68.3 Å². The molecule has 0 unspecified atom stereocenters. The maximum atomic E-state index is 12.4. The number of thiazole rings is 1. The normalized spacial score (nSPS) is 17.4. The number of anilines is 1. The molecular formula is C14H20N2O3S. The average Bonchev–Trinajstić information content (AvgIpc) is 2.93. The Morgan fingerprint density at radius 3 is 2.80 bits per heavy atom. The first-order valence-electron chi connectivity index (χ1n) is 7.09. The molecule has 1 saturated carbocycles. The van der Waals surface area contributed by atoms with Crippen LogP contribution >= 0.6 is 11.3 Å². The molecule has 5 nitrogen and oxygen atoms in total. The van der Waals surface area contributed by atoms with Crippen molar-refractivity contribution in [3.05, 3.63) is 11.6 Å². The molecule has 0 aliphatic heterocycles. The van der Waals surface area contributed by atoms with Crippen LogP contribution in [-0.2, 0) is 14.3 Å². The molecular weight excluding hydrogens is 276 g/mol. The molecule has 0 radical (unpaired) electrons. The van der Waals surface area contributed by atoms with Crippen LogP contribution in [0.15, 0.2) is 11.6 Å². The zero-order valence-electron chi connectivity index (χ0n) is 11.6. The van der Waals surface area contributed by atoms with Crippen LogP contribution in [0.4, 0.5) is 5.13 Å². The fourth-order valence-electron chi connectivity index (χ4n) is 2.68. The Morgan fingerprint density at radius 1 is 1.45 bits per heavy atom. The number of hydrogen-bond acceptors (Lipinski definition) is 5. The molecule has 0 saturated heterocycles. The van der Waals surface area contributed by atoms with Gasteiger partial charge in [-0.25, -0.2) is 4.98 Å². The maximum absolute atomic E-state index is 12.4. The summed E-state index contributed by atoms with van der Waals surface area (Å²) in [7, 11) is 0. The van der Waals surface area contributed by atoms with Gasteiger partial charge in [0, 0.05) is 11.6 Å². The van der Waals surface area contributed by atoms with Gasteiger partial charge in [0.15, 0.2) is 5.13 Å². The van der Waals surface area contributed by atoms with Crippen molar-refractivity contribution >= 4 is 28.3 Å². The van der Waals surface area contributed by atoms with E-state index in [1.54, 1.807) is 18.5 Å². The fraction of sp³-hybridized carbons (Fsp3) is 0.643. The Morgan fingerprint density at radius 2 is 2.20 bits per heavy atom. The SMILES string of the molecule is CCOC(=O)[C@H](C(=O)Nc1nccs1)C1CCCCC1. The minimum Gasteiger partial charge on any atom is -0.465 e. The average molecular weight is 296 g/mol. The van der Waals surface area contributed by atoms with Gasteiger partial charge in [0.2, 0.25) is 5.91 Å². The highest BCUT2D eigenvalue weighted by molar-refractivity contribution is 7.13. The third kappa shape index (κ3) is 3.79. The molecule has 1 aromatic rings. The van der Waals surface area contributed by atoms with Gasteiger partial charge in [-0.05, 0) is 25.7 Å². The van der Waals surface area contributed by atoms with Crippen molar-refractivity contribution in [2.24, 2.45) is 11.8 Å². The summed E-state index contributed by atoms with van der Waals surface area (Å²) in [6.07, 6.45) is 6.78. The maximum Gasteiger partial charge on any atom is 0.318 e. The highest BCUT2D eigenvalue weighted by atomic mass is 32.1. The van der Waals surface area contributed by atoms with Crippen LogP contribution in [0.1, 0.15) is 39.0 Å². The fourth-order valence-corrected chi connectivity index (χ4v) is 3.21. The number of amides is 1. The van der Waals surface area contributed by atoms with Gasteiger partial charge < -0.3 is 10.1 Å². The lowest BCUT2D eigenvalue weighted by Crippen LogP contribution is -2.37. The summed E-state index contributed by atoms with van der Waals surface area (Å²) in [6, 6.07) is 0.